The van der Waals surface area contributed by atoms with Gasteiger partial charge in [0.2, 0.25) is 5.91 Å². The number of anilines is 1. The summed E-state index contributed by atoms with van der Waals surface area (Å²) in [6.45, 7) is 0.180. The Hall–Kier alpha value is -2.89. The van der Waals surface area contributed by atoms with Crippen LogP contribution in [0.4, 0.5) is 23.4 Å². The first-order valence-corrected chi connectivity index (χ1v) is 8.89. The summed E-state index contributed by atoms with van der Waals surface area (Å²) in [4.78, 5) is 31.8. The van der Waals surface area contributed by atoms with E-state index in [1.54, 1.807) is 0 Å². The summed E-state index contributed by atoms with van der Waals surface area (Å²) in [5, 5.41) is 5.90. The Balaban J connectivity index is 2.05. The van der Waals surface area contributed by atoms with E-state index < -0.39 is 47.4 Å². The monoisotopic (exact) mass is 473 g/mol. The third-order valence-electron chi connectivity index (χ3n) is 4.07. The number of carbonyl (C=O) groups is 1. The predicted octanol–water partition coefficient (Wildman–Crippen LogP) is 3.39. The first-order valence-electron chi connectivity index (χ1n) is 8.10. The predicted molar refractivity (Wildman–Crippen MR) is 98.8 cm³/mol. The maximum absolute atomic E-state index is 13.6. The van der Waals surface area contributed by atoms with Crippen LogP contribution in [0.1, 0.15) is 18.5 Å². The topological polar surface area (TPSA) is 89.8 Å². The van der Waals surface area contributed by atoms with Crippen molar-refractivity contribution >= 4 is 38.4 Å². The molecule has 7 nitrogen and oxygen atoms in total. The Kier molecular flexibility index (Phi) is 5.64. The molecule has 0 saturated heterocycles. The highest BCUT2D eigenvalue weighted by molar-refractivity contribution is 9.10. The number of rotatable bonds is 4. The molecule has 0 radical (unpaired) electrons. The third-order valence-corrected chi connectivity index (χ3v) is 4.56. The van der Waals surface area contributed by atoms with Crippen molar-refractivity contribution in [2.45, 2.75) is 25.6 Å². The number of aromatic nitrogens is 4. The highest BCUT2D eigenvalue weighted by Gasteiger charge is 2.39. The van der Waals surface area contributed by atoms with Gasteiger partial charge in [-0.05, 0) is 25.1 Å². The van der Waals surface area contributed by atoms with Gasteiger partial charge in [-0.2, -0.15) is 18.3 Å². The second-order valence-corrected chi connectivity index (χ2v) is 6.98. The summed E-state index contributed by atoms with van der Waals surface area (Å²) in [5.74, 6) is -4.21. The van der Waals surface area contributed by atoms with E-state index in [2.05, 4.69) is 36.3 Å². The lowest BCUT2D eigenvalue weighted by Gasteiger charge is -2.18. The number of halogens is 5. The SMILES string of the molecule is C[C@H](c1nn(CC(=O)Nc2ncncc2F)c(=O)c2ccc(Br)cc12)C(F)(F)F. The minimum atomic E-state index is -4.61. The van der Waals surface area contributed by atoms with Crippen molar-refractivity contribution in [1.29, 1.82) is 0 Å². The fourth-order valence-corrected chi connectivity index (χ4v) is 2.94. The fraction of sp³-hybridized carbons (Fsp3) is 0.235. The number of alkyl halides is 3. The van der Waals surface area contributed by atoms with Gasteiger partial charge < -0.3 is 5.32 Å². The second kappa shape index (κ2) is 7.85. The lowest BCUT2D eigenvalue weighted by Crippen LogP contribution is -2.32. The minimum Gasteiger partial charge on any atom is -0.307 e. The lowest BCUT2D eigenvalue weighted by molar-refractivity contribution is -0.147. The van der Waals surface area contributed by atoms with Crippen LogP contribution >= 0.6 is 15.9 Å². The molecule has 2 aromatic heterocycles. The van der Waals surface area contributed by atoms with E-state index in [1.807, 2.05) is 0 Å². The number of nitrogens with zero attached hydrogens (tertiary/aromatic N) is 4. The lowest BCUT2D eigenvalue weighted by atomic mass is 10.0. The van der Waals surface area contributed by atoms with Crippen molar-refractivity contribution in [3.05, 3.63) is 57.1 Å². The fourth-order valence-electron chi connectivity index (χ4n) is 2.58. The summed E-state index contributed by atoms with van der Waals surface area (Å²) in [6, 6.07) is 4.20. The Labute approximate surface area is 168 Å². The first-order chi connectivity index (χ1) is 13.6. The summed E-state index contributed by atoms with van der Waals surface area (Å²) < 4.78 is 54.6. The highest BCUT2D eigenvalue weighted by Crippen LogP contribution is 2.36. The largest absolute Gasteiger partial charge is 0.397 e. The number of hydrogen-bond donors (Lipinski definition) is 1. The van der Waals surface area contributed by atoms with E-state index in [4.69, 9.17) is 0 Å². The average molecular weight is 474 g/mol. The number of amides is 1. The van der Waals surface area contributed by atoms with Crippen molar-refractivity contribution in [1.82, 2.24) is 19.7 Å². The number of fused-ring (bicyclic) bond motifs is 1. The second-order valence-electron chi connectivity index (χ2n) is 6.07. The van der Waals surface area contributed by atoms with Crippen molar-refractivity contribution in [3.8, 4) is 0 Å². The molecule has 12 heteroatoms. The van der Waals surface area contributed by atoms with Gasteiger partial charge in [-0.3, -0.25) is 9.59 Å². The van der Waals surface area contributed by atoms with Crippen molar-refractivity contribution in [3.63, 3.8) is 0 Å². The molecule has 152 valence electrons. The number of hydrogen-bond acceptors (Lipinski definition) is 5. The summed E-state index contributed by atoms with van der Waals surface area (Å²) >= 11 is 3.16. The normalized spacial score (nSPS) is 12.8. The van der Waals surface area contributed by atoms with E-state index >= 15 is 0 Å². The Morgan fingerprint density at radius 2 is 2.03 bits per heavy atom. The van der Waals surface area contributed by atoms with Crippen LogP contribution in [0.25, 0.3) is 10.8 Å². The highest BCUT2D eigenvalue weighted by atomic mass is 79.9. The van der Waals surface area contributed by atoms with Crippen molar-refractivity contribution < 1.29 is 22.4 Å². The Bertz CT molecular complexity index is 1150. The molecule has 3 aromatic rings. The van der Waals surface area contributed by atoms with E-state index in [-0.39, 0.29) is 10.8 Å². The van der Waals surface area contributed by atoms with E-state index in [0.29, 0.717) is 9.15 Å². The molecule has 1 atom stereocenters. The van der Waals surface area contributed by atoms with Gasteiger partial charge in [-0.25, -0.2) is 19.0 Å². The van der Waals surface area contributed by atoms with Gasteiger partial charge in [0.15, 0.2) is 11.6 Å². The van der Waals surface area contributed by atoms with Crippen LogP contribution in [-0.2, 0) is 11.3 Å². The van der Waals surface area contributed by atoms with Crippen molar-refractivity contribution in [2.75, 3.05) is 5.32 Å². The number of benzene rings is 1. The molecule has 1 aromatic carbocycles. The molecule has 0 bridgehead atoms. The van der Waals surface area contributed by atoms with Gasteiger partial charge in [0, 0.05) is 9.86 Å². The van der Waals surface area contributed by atoms with E-state index in [9.17, 15) is 27.2 Å². The molecular weight excluding hydrogens is 462 g/mol. The summed E-state index contributed by atoms with van der Waals surface area (Å²) in [7, 11) is 0. The van der Waals surface area contributed by atoms with Crippen LogP contribution in [0.2, 0.25) is 0 Å². The van der Waals surface area contributed by atoms with E-state index in [0.717, 1.165) is 19.4 Å². The number of nitrogens with one attached hydrogen (secondary N) is 1. The minimum absolute atomic E-state index is 0.0210. The molecule has 1 amide bonds. The molecule has 1 N–H and O–H groups in total. The van der Waals surface area contributed by atoms with Gasteiger partial charge in [0.1, 0.15) is 12.9 Å². The van der Waals surface area contributed by atoms with Gasteiger partial charge in [0.25, 0.3) is 5.56 Å². The molecular formula is C17H12BrF4N5O2. The van der Waals surface area contributed by atoms with Crippen LogP contribution in [0.3, 0.4) is 0 Å². The summed E-state index contributed by atoms with van der Waals surface area (Å²) in [5.41, 5.74) is -1.17. The molecule has 0 aliphatic carbocycles. The average Bonchev–Trinajstić information content (AvgIpc) is 2.64. The van der Waals surface area contributed by atoms with Crippen LogP contribution in [0.15, 0.2) is 40.0 Å². The molecule has 0 saturated carbocycles. The third kappa shape index (κ3) is 4.42. The number of carbonyl (C=O) groups excluding carboxylic acids is 1. The zero-order valence-corrected chi connectivity index (χ0v) is 16.3. The molecule has 0 aliphatic heterocycles. The van der Waals surface area contributed by atoms with Crippen molar-refractivity contribution in [2.24, 2.45) is 0 Å². The van der Waals surface area contributed by atoms with Gasteiger partial charge in [-0.1, -0.05) is 15.9 Å². The van der Waals surface area contributed by atoms with Crippen LogP contribution < -0.4 is 10.9 Å². The van der Waals surface area contributed by atoms with Crippen LogP contribution in [0, 0.1) is 5.82 Å². The quantitative estimate of drug-likeness (QED) is 0.586. The zero-order valence-electron chi connectivity index (χ0n) is 14.7. The smallest absolute Gasteiger partial charge is 0.307 e. The molecule has 29 heavy (non-hydrogen) atoms. The first kappa shape index (κ1) is 20.8. The molecule has 0 aliphatic rings. The van der Waals surface area contributed by atoms with Gasteiger partial charge in [0.05, 0.1) is 23.2 Å². The Morgan fingerprint density at radius 1 is 1.31 bits per heavy atom. The molecule has 0 spiro atoms. The van der Waals surface area contributed by atoms with Gasteiger partial charge >= 0.3 is 6.18 Å². The van der Waals surface area contributed by atoms with Crippen LogP contribution in [0.5, 0.6) is 0 Å². The van der Waals surface area contributed by atoms with E-state index in [1.165, 1.54) is 18.2 Å². The molecule has 0 fully saturated rings. The summed E-state index contributed by atoms with van der Waals surface area (Å²) in [6.07, 6.45) is -2.79. The molecule has 0 unspecified atom stereocenters. The van der Waals surface area contributed by atoms with Gasteiger partial charge in [-0.15, -0.1) is 0 Å². The molecule has 2 heterocycles. The maximum Gasteiger partial charge on any atom is 0.397 e. The molecule has 3 rings (SSSR count). The standard InChI is InChI=1S/C17H12BrF4N5O2/c1-8(17(20,21)22)14-11-4-9(18)2-3-10(11)16(29)27(26-14)6-13(28)25-15-12(19)5-23-7-24-15/h2-5,7-8H,6H2,1H3,(H,23,24,25,28)/t8-/m1/s1. The maximum atomic E-state index is 13.6. The zero-order chi connectivity index (χ0) is 21.3. The van der Waals surface area contributed by atoms with Crippen LogP contribution in [-0.4, -0.2) is 31.8 Å². The Morgan fingerprint density at radius 3 is 2.69 bits per heavy atom.